The van der Waals surface area contributed by atoms with Crippen LogP contribution in [0.2, 0.25) is 5.02 Å². The molecule has 1 N–H and O–H groups in total. The van der Waals surface area contributed by atoms with Gasteiger partial charge in [-0.25, -0.2) is 0 Å². The van der Waals surface area contributed by atoms with E-state index in [1.165, 1.54) is 15.3 Å². The molecule has 0 saturated heterocycles. The second kappa shape index (κ2) is 6.19. The lowest BCUT2D eigenvalue weighted by molar-refractivity contribution is 0.732. The molecular formula is C15H16ClNS. The maximum absolute atomic E-state index is 6.01. The normalized spacial score (nSPS) is 13.1. The molecule has 0 bridgehead atoms. The van der Waals surface area contributed by atoms with E-state index in [0.29, 0.717) is 6.04 Å². The zero-order chi connectivity index (χ0) is 13.0. The summed E-state index contributed by atoms with van der Waals surface area (Å²) in [7, 11) is 1.96. The molecule has 1 atom stereocenters. The van der Waals surface area contributed by atoms with Gasteiger partial charge in [-0.1, -0.05) is 29.8 Å². The minimum Gasteiger partial charge on any atom is -0.314 e. The minimum atomic E-state index is 0.390. The van der Waals surface area contributed by atoms with Crippen molar-refractivity contribution >= 4 is 29.0 Å². The number of likely N-dealkylation sites (N-methyl/N-ethyl adjacent to an activating group) is 1. The van der Waals surface area contributed by atoms with E-state index in [9.17, 15) is 0 Å². The van der Waals surface area contributed by atoms with Crippen LogP contribution in [0.1, 0.15) is 11.8 Å². The number of nitrogens with one attached hydrogen (secondary N) is 1. The molecule has 0 aliphatic heterocycles. The van der Waals surface area contributed by atoms with Gasteiger partial charge in [-0.3, -0.25) is 0 Å². The fourth-order valence-corrected chi connectivity index (χ4v) is 2.68. The Balaban J connectivity index is 2.18. The molecule has 1 heterocycles. The number of halogens is 1. The van der Waals surface area contributed by atoms with Gasteiger partial charge in [-0.05, 0) is 49.9 Å². The van der Waals surface area contributed by atoms with E-state index in [1.54, 1.807) is 11.3 Å². The molecule has 0 aliphatic carbocycles. The highest BCUT2D eigenvalue weighted by atomic mass is 35.5. The molecule has 18 heavy (non-hydrogen) atoms. The van der Waals surface area contributed by atoms with Crippen molar-refractivity contribution in [2.24, 2.45) is 0 Å². The molecule has 2 aromatic rings. The van der Waals surface area contributed by atoms with Crippen LogP contribution >= 0.6 is 22.9 Å². The molecule has 0 saturated carbocycles. The molecule has 1 aromatic heterocycles. The van der Waals surface area contributed by atoms with Crippen LogP contribution in [0.15, 0.2) is 42.5 Å². The molecule has 2 rings (SSSR count). The van der Waals surface area contributed by atoms with Crippen LogP contribution < -0.4 is 5.32 Å². The molecule has 1 nitrogen and oxygen atoms in total. The van der Waals surface area contributed by atoms with E-state index in [0.717, 1.165) is 5.02 Å². The lowest BCUT2D eigenvalue weighted by Crippen LogP contribution is -2.17. The van der Waals surface area contributed by atoms with E-state index in [4.69, 9.17) is 11.6 Å². The third-order valence-electron chi connectivity index (χ3n) is 2.74. The Hall–Kier alpha value is -1.09. The van der Waals surface area contributed by atoms with Crippen molar-refractivity contribution in [1.82, 2.24) is 5.32 Å². The Kier molecular flexibility index (Phi) is 4.59. The third-order valence-corrected chi connectivity index (χ3v) is 4.08. The van der Waals surface area contributed by atoms with Crippen molar-refractivity contribution in [3.8, 4) is 10.4 Å². The monoisotopic (exact) mass is 277 g/mol. The molecule has 0 radical (unpaired) electrons. The van der Waals surface area contributed by atoms with Crippen molar-refractivity contribution in [2.75, 3.05) is 7.05 Å². The maximum atomic E-state index is 6.01. The maximum Gasteiger partial charge on any atom is 0.0412 e. The van der Waals surface area contributed by atoms with Gasteiger partial charge in [-0.15, -0.1) is 11.3 Å². The summed E-state index contributed by atoms with van der Waals surface area (Å²) in [6.07, 6.45) is 4.31. The van der Waals surface area contributed by atoms with Crippen molar-refractivity contribution in [3.63, 3.8) is 0 Å². The number of hydrogen-bond acceptors (Lipinski definition) is 2. The van der Waals surface area contributed by atoms with Crippen LogP contribution in [-0.2, 0) is 0 Å². The van der Waals surface area contributed by atoms with Crippen LogP contribution in [0.25, 0.3) is 16.5 Å². The van der Waals surface area contributed by atoms with Crippen LogP contribution in [-0.4, -0.2) is 13.1 Å². The average Bonchev–Trinajstić information content (AvgIpc) is 2.84. The Morgan fingerprint density at radius 2 is 2.11 bits per heavy atom. The van der Waals surface area contributed by atoms with Crippen LogP contribution in [0, 0.1) is 0 Å². The Labute approximate surface area is 117 Å². The first-order chi connectivity index (χ1) is 8.69. The summed E-state index contributed by atoms with van der Waals surface area (Å²) in [5, 5.41) is 3.96. The van der Waals surface area contributed by atoms with Gasteiger partial charge < -0.3 is 5.32 Å². The predicted molar refractivity (Wildman–Crippen MR) is 82.3 cm³/mol. The molecular weight excluding hydrogens is 262 g/mol. The largest absolute Gasteiger partial charge is 0.314 e. The highest BCUT2D eigenvalue weighted by molar-refractivity contribution is 7.16. The second-order valence-corrected chi connectivity index (χ2v) is 5.70. The first-order valence-corrected chi connectivity index (χ1v) is 7.10. The molecule has 1 unspecified atom stereocenters. The molecule has 1 aromatic carbocycles. The predicted octanol–water partition coefficient (Wildman–Crippen LogP) is 4.69. The molecule has 3 heteroatoms. The van der Waals surface area contributed by atoms with Crippen molar-refractivity contribution in [3.05, 3.63) is 52.4 Å². The number of benzene rings is 1. The van der Waals surface area contributed by atoms with Gasteiger partial charge >= 0.3 is 0 Å². The minimum absolute atomic E-state index is 0.390. The SMILES string of the molecule is CNC(C)/C=C/c1ccc(-c2cccc(Cl)c2)s1. The highest BCUT2D eigenvalue weighted by Gasteiger charge is 2.02. The van der Waals surface area contributed by atoms with E-state index < -0.39 is 0 Å². The van der Waals surface area contributed by atoms with Gasteiger partial charge in [0.25, 0.3) is 0 Å². The average molecular weight is 278 g/mol. The van der Waals surface area contributed by atoms with Gasteiger partial charge in [0, 0.05) is 20.8 Å². The van der Waals surface area contributed by atoms with Crippen molar-refractivity contribution in [2.45, 2.75) is 13.0 Å². The lowest BCUT2D eigenvalue weighted by atomic mass is 10.2. The van der Waals surface area contributed by atoms with Gasteiger partial charge in [-0.2, -0.15) is 0 Å². The fourth-order valence-electron chi connectivity index (χ4n) is 1.57. The Bertz CT molecular complexity index is 545. The van der Waals surface area contributed by atoms with Crippen molar-refractivity contribution in [1.29, 1.82) is 0 Å². The number of rotatable bonds is 4. The lowest BCUT2D eigenvalue weighted by Gasteiger charge is -2.01. The van der Waals surface area contributed by atoms with E-state index in [-0.39, 0.29) is 0 Å². The summed E-state index contributed by atoms with van der Waals surface area (Å²) in [6.45, 7) is 2.13. The van der Waals surface area contributed by atoms with E-state index in [2.05, 4.69) is 42.6 Å². The summed E-state index contributed by atoms with van der Waals surface area (Å²) in [4.78, 5) is 2.50. The summed E-state index contributed by atoms with van der Waals surface area (Å²) < 4.78 is 0. The summed E-state index contributed by atoms with van der Waals surface area (Å²) in [5.41, 5.74) is 1.17. The first-order valence-electron chi connectivity index (χ1n) is 5.90. The van der Waals surface area contributed by atoms with Crippen LogP contribution in [0.5, 0.6) is 0 Å². The van der Waals surface area contributed by atoms with Gasteiger partial charge in [0.05, 0.1) is 0 Å². The third kappa shape index (κ3) is 3.45. The zero-order valence-electron chi connectivity index (χ0n) is 10.5. The number of thiophene rings is 1. The Morgan fingerprint density at radius 3 is 2.83 bits per heavy atom. The first kappa shape index (κ1) is 13.3. The zero-order valence-corrected chi connectivity index (χ0v) is 12.1. The Morgan fingerprint density at radius 1 is 1.28 bits per heavy atom. The fraction of sp³-hybridized carbons (Fsp3) is 0.200. The topological polar surface area (TPSA) is 12.0 Å². The smallest absolute Gasteiger partial charge is 0.0412 e. The van der Waals surface area contributed by atoms with Crippen molar-refractivity contribution < 1.29 is 0 Å². The van der Waals surface area contributed by atoms with E-state index >= 15 is 0 Å². The summed E-state index contributed by atoms with van der Waals surface area (Å²) >= 11 is 7.78. The molecule has 0 aliphatic rings. The highest BCUT2D eigenvalue weighted by Crippen LogP contribution is 2.30. The van der Waals surface area contributed by atoms with Crippen LogP contribution in [0.3, 0.4) is 0 Å². The quantitative estimate of drug-likeness (QED) is 0.855. The second-order valence-electron chi connectivity index (χ2n) is 4.15. The van der Waals surface area contributed by atoms with Gasteiger partial charge in [0.2, 0.25) is 0 Å². The van der Waals surface area contributed by atoms with Gasteiger partial charge in [0.15, 0.2) is 0 Å². The molecule has 0 fully saturated rings. The molecule has 94 valence electrons. The summed E-state index contributed by atoms with van der Waals surface area (Å²) in [5.74, 6) is 0. The van der Waals surface area contributed by atoms with E-state index in [1.807, 2.05) is 25.2 Å². The van der Waals surface area contributed by atoms with Gasteiger partial charge in [0.1, 0.15) is 0 Å². The standard InChI is InChI=1S/C15H16ClNS/c1-11(17-2)6-7-14-8-9-15(18-14)12-4-3-5-13(16)10-12/h3-11,17H,1-2H3/b7-6+. The van der Waals surface area contributed by atoms with Crippen LogP contribution in [0.4, 0.5) is 0 Å². The molecule has 0 spiro atoms. The summed E-state index contributed by atoms with van der Waals surface area (Å²) in [6, 6.07) is 12.6. The number of hydrogen-bond donors (Lipinski definition) is 1. The molecule has 0 amide bonds.